The standard InChI is InChI=1S/C22H29N3O3/c1-3-15-25(16-13-24(14-17-25)18-9-11-23-12-10-18)19-5-7-20(8-6-19)28-21(4-2)22(26)27/h5-12,21H,3-4,13-17H2,1-2H3/p+1. The van der Waals surface area contributed by atoms with Gasteiger partial charge in [-0.05, 0) is 37.1 Å². The van der Waals surface area contributed by atoms with E-state index in [1.807, 2.05) is 31.5 Å². The van der Waals surface area contributed by atoms with Gasteiger partial charge in [0.2, 0.25) is 0 Å². The molecule has 28 heavy (non-hydrogen) atoms. The number of anilines is 1. The zero-order valence-electron chi connectivity index (χ0n) is 16.8. The number of carboxylic acid groups (broad SMARTS) is 1. The summed E-state index contributed by atoms with van der Waals surface area (Å²) in [6, 6.07) is 12.2. The summed E-state index contributed by atoms with van der Waals surface area (Å²) < 4.78 is 6.57. The fourth-order valence-electron chi connectivity index (χ4n) is 4.01. The van der Waals surface area contributed by atoms with E-state index in [0.29, 0.717) is 12.2 Å². The second-order valence-electron chi connectivity index (χ2n) is 7.36. The van der Waals surface area contributed by atoms with Gasteiger partial charge in [0.1, 0.15) is 24.5 Å². The highest BCUT2D eigenvalue weighted by Gasteiger charge is 2.34. The number of nitrogens with zero attached hydrogens (tertiary/aromatic N) is 3. The molecule has 0 bridgehead atoms. The van der Waals surface area contributed by atoms with Gasteiger partial charge in [-0.3, -0.25) is 9.47 Å². The zero-order chi connectivity index (χ0) is 20.0. The van der Waals surface area contributed by atoms with Crippen molar-refractivity contribution in [3.05, 3.63) is 48.8 Å². The maximum Gasteiger partial charge on any atom is 0.344 e. The number of carbonyl (C=O) groups is 1. The van der Waals surface area contributed by atoms with E-state index in [1.165, 1.54) is 11.4 Å². The van der Waals surface area contributed by atoms with Gasteiger partial charge in [-0.15, -0.1) is 0 Å². The smallest absolute Gasteiger partial charge is 0.344 e. The number of benzene rings is 1. The van der Waals surface area contributed by atoms with Gasteiger partial charge < -0.3 is 14.7 Å². The van der Waals surface area contributed by atoms with E-state index in [2.05, 4.69) is 41.1 Å². The SMILES string of the molecule is CCC[N+]1(c2ccc(OC(CC)C(=O)O)cc2)CCN(c2ccncc2)CC1. The number of piperazine rings is 1. The van der Waals surface area contributed by atoms with Crippen LogP contribution < -0.4 is 14.1 Å². The molecule has 0 radical (unpaired) electrons. The lowest BCUT2D eigenvalue weighted by atomic mass is 10.1. The highest BCUT2D eigenvalue weighted by molar-refractivity contribution is 5.72. The maximum atomic E-state index is 11.2. The van der Waals surface area contributed by atoms with Crippen LogP contribution in [0.3, 0.4) is 0 Å². The Hall–Kier alpha value is -2.60. The van der Waals surface area contributed by atoms with Crippen molar-refractivity contribution in [2.45, 2.75) is 32.8 Å². The van der Waals surface area contributed by atoms with Crippen molar-refractivity contribution in [1.82, 2.24) is 9.47 Å². The molecule has 2 aromatic rings. The molecule has 1 unspecified atom stereocenters. The van der Waals surface area contributed by atoms with E-state index >= 15 is 0 Å². The van der Waals surface area contributed by atoms with Gasteiger partial charge in [-0.25, -0.2) is 4.79 Å². The Morgan fingerprint density at radius 1 is 1.14 bits per heavy atom. The third-order valence-electron chi connectivity index (χ3n) is 5.58. The van der Waals surface area contributed by atoms with Gasteiger partial charge in [-0.1, -0.05) is 13.8 Å². The van der Waals surface area contributed by atoms with Crippen molar-refractivity contribution in [3.63, 3.8) is 0 Å². The van der Waals surface area contributed by atoms with Crippen molar-refractivity contribution in [1.29, 1.82) is 0 Å². The predicted octanol–water partition coefficient (Wildman–Crippen LogP) is 3.56. The van der Waals surface area contributed by atoms with Gasteiger partial charge in [-0.2, -0.15) is 0 Å². The van der Waals surface area contributed by atoms with Gasteiger partial charge in [0.05, 0.1) is 19.6 Å². The summed E-state index contributed by atoms with van der Waals surface area (Å²) in [4.78, 5) is 17.7. The summed E-state index contributed by atoms with van der Waals surface area (Å²) in [5, 5.41) is 9.19. The van der Waals surface area contributed by atoms with Crippen LogP contribution in [0.4, 0.5) is 11.4 Å². The Morgan fingerprint density at radius 3 is 2.32 bits per heavy atom. The molecule has 1 aliphatic heterocycles. The minimum Gasteiger partial charge on any atom is -0.479 e. The molecule has 6 heteroatoms. The number of aromatic nitrogens is 1. The molecule has 1 N–H and O–H groups in total. The summed E-state index contributed by atoms with van der Waals surface area (Å²) >= 11 is 0. The van der Waals surface area contributed by atoms with Gasteiger partial charge in [0, 0.05) is 30.2 Å². The van der Waals surface area contributed by atoms with E-state index in [1.54, 1.807) is 0 Å². The number of pyridine rings is 1. The van der Waals surface area contributed by atoms with Crippen LogP contribution in [-0.4, -0.2) is 54.9 Å². The summed E-state index contributed by atoms with van der Waals surface area (Å²) in [6.45, 7) is 9.23. The normalized spacial score (nSPS) is 17.1. The fraction of sp³-hybridized carbons (Fsp3) is 0.455. The number of carboxylic acids is 1. The van der Waals surface area contributed by atoms with Crippen LogP contribution in [-0.2, 0) is 4.79 Å². The van der Waals surface area contributed by atoms with Crippen LogP contribution in [0.25, 0.3) is 0 Å². The second-order valence-corrected chi connectivity index (χ2v) is 7.36. The lowest BCUT2D eigenvalue weighted by molar-refractivity contribution is -0.145. The molecule has 0 aliphatic carbocycles. The van der Waals surface area contributed by atoms with Crippen molar-refractivity contribution < 1.29 is 14.6 Å². The molecule has 1 aromatic carbocycles. The van der Waals surface area contributed by atoms with Crippen molar-refractivity contribution >= 4 is 17.3 Å². The molecular weight excluding hydrogens is 354 g/mol. The summed E-state index contributed by atoms with van der Waals surface area (Å²) in [7, 11) is 0. The highest BCUT2D eigenvalue weighted by Crippen LogP contribution is 2.30. The minimum atomic E-state index is -0.923. The van der Waals surface area contributed by atoms with Crippen LogP contribution in [0, 0.1) is 0 Å². The first-order chi connectivity index (χ1) is 13.6. The topological polar surface area (TPSA) is 62.7 Å². The van der Waals surface area contributed by atoms with Crippen molar-refractivity contribution in [3.8, 4) is 5.75 Å². The summed E-state index contributed by atoms with van der Waals surface area (Å²) in [6.07, 6.45) is 4.45. The number of hydrogen-bond donors (Lipinski definition) is 1. The van der Waals surface area contributed by atoms with Crippen LogP contribution >= 0.6 is 0 Å². The average Bonchev–Trinajstić information content (AvgIpc) is 2.73. The van der Waals surface area contributed by atoms with Crippen LogP contribution in [0.1, 0.15) is 26.7 Å². The van der Waals surface area contributed by atoms with Gasteiger partial charge in [0.25, 0.3) is 0 Å². The molecular formula is C22H30N3O3+. The number of ether oxygens (including phenoxy) is 1. The Morgan fingerprint density at radius 2 is 1.79 bits per heavy atom. The molecule has 6 nitrogen and oxygen atoms in total. The highest BCUT2D eigenvalue weighted by atomic mass is 16.5. The van der Waals surface area contributed by atoms with Gasteiger partial charge in [0.15, 0.2) is 6.10 Å². The predicted molar refractivity (Wildman–Crippen MR) is 112 cm³/mol. The largest absolute Gasteiger partial charge is 0.479 e. The average molecular weight is 385 g/mol. The molecule has 1 aliphatic rings. The third kappa shape index (κ3) is 4.44. The number of rotatable bonds is 8. The summed E-state index contributed by atoms with van der Waals surface area (Å²) in [5.41, 5.74) is 2.50. The molecule has 1 saturated heterocycles. The Kier molecular flexibility index (Phi) is 6.52. The summed E-state index contributed by atoms with van der Waals surface area (Å²) in [5.74, 6) is -0.309. The second kappa shape index (κ2) is 9.06. The molecule has 150 valence electrons. The molecule has 0 amide bonds. The molecule has 0 saturated carbocycles. The number of aliphatic carboxylic acids is 1. The first-order valence-corrected chi connectivity index (χ1v) is 10.1. The monoisotopic (exact) mass is 384 g/mol. The number of hydrogen-bond acceptors (Lipinski definition) is 4. The first kappa shape index (κ1) is 20.1. The zero-order valence-corrected chi connectivity index (χ0v) is 16.8. The quantitative estimate of drug-likeness (QED) is 0.705. The van der Waals surface area contributed by atoms with E-state index in [9.17, 15) is 9.90 Å². The third-order valence-corrected chi connectivity index (χ3v) is 5.58. The van der Waals surface area contributed by atoms with Crippen molar-refractivity contribution in [2.24, 2.45) is 0 Å². The Balaban J connectivity index is 1.73. The van der Waals surface area contributed by atoms with Crippen LogP contribution in [0.2, 0.25) is 0 Å². The molecule has 1 fully saturated rings. The Bertz CT molecular complexity index is 756. The minimum absolute atomic E-state index is 0.442. The van der Waals surface area contributed by atoms with E-state index in [-0.39, 0.29) is 0 Å². The van der Waals surface area contributed by atoms with E-state index < -0.39 is 12.1 Å². The van der Waals surface area contributed by atoms with Crippen LogP contribution in [0.5, 0.6) is 5.75 Å². The van der Waals surface area contributed by atoms with Crippen molar-refractivity contribution in [2.75, 3.05) is 37.6 Å². The molecule has 2 heterocycles. The Labute approximate surface area is 167 Å². The lowest BCUT2D eigenvalue weighted by Crippen LogP contribution is -2.61. The van der Waals surface area contributed by atoms with E-state index in [0.717, 1.165) is 43.6 Å². The molecule has 1 aromatic heterocycles. The van der Waals surface area contributed by atoms with E-state index in [4.69, 9.17) is 4.74 Å². The van der Waals surface area contributed by atoms with Crippen LogP contribution in [0.15, 0.2) is 48.8 Å². The maximum absolute atomic E-state index is 11.2. The molecule has 3 rings (SSSR count). The number of quaternary nitrogens is 1. The molecule has 1 atom stereocenters. The molecule has 0 spiro atoms. The fourth-order valence-corrected chi connectivity index (χ4v) is 4.01. The lowest BCUT2D eigenvalue weighted by Gasteiger charge is -2.45. The van der Waals surface area contributed by atoms with Gasteiger partial charge >= 0.3 is 5.97 Å². The first-order valence-electron chi connectivity index (χ1n) is 10.1.